The molecule has 1 rings (SSSR count). The van der Waals surface area contributed by atoms with E-state index < -0.39 is 0 Å². The van der Waals surface area contributed by atoms with Crippen LogP contribution in [0.5, 0.6) is 0 Å². The van der Waals surface area contributed by atoms with Crippen LogP contribution in [0.4, 0.5) is 0 Å². The van der Waals surface area contributed by atoms with Crippen LogP contribution < -0.4 is 0 Å². The molecule has 0 aliphatic carbocycles. The van der Waals surface area contributed by atoms with E-state index in [9.17, 15) is 0 Å². The first kappa shape index (κ1) is 3.63. The lowest BCUT2D eigenvalue weighted by atomic mass is 11.0. The Morgan fingerprint density at radius 3 is 2.17 bits per heavy atom. The van der Waals surface area contributed by atoms with Gasteiger partial charge in [-0.2, -0.15) is 0 Å². The highest BCUT2D eigenvalue weighted by atomic mass is 15.4. The van der Waals surface area contributed by atoms with Crippen LogP contribution in [0.2, 0.25) is 0 Å². The summed E-state index contributed by atoms with van der Waals surface area (Å²) in [6.45, 7) is 2.10. The van der Waals surface area contributed by atoms with E-state index in [0.717, 1.165) is 13.1 Å². The van der Waals surface area contributed by atoms with Crippen LogP contribution in [0.15, 0.2) is 0 Å². The maximum absolute atomic E-state index is 8.19. The Balaban J connectivity index is 2.54. The Labute approximate surface area is 37.2 Å². The molecule has 0 saturated carbocycles. The summed E-state index contributed by atoms with van der Waals surface area (Å²) in [5.74, 6) is 0. The van der Waals surface area contributed by atoms with Gasteiger partial charge in [-0.05, 0) is 0 Å². The summed E-state index contributed by atoms with van der Waals surface area (Å²) in [6, 6.07) is 0. The molecule has 0 N–H and O–H groups in total. The highest BCUT2D eigenvalue weighted by Gasteiger charge is 2.37. The SMILES string of the molecule is C[N+]1(C#N)CC1. The molecule has 0 atom stereocenters. The summed E-state index contributed by atoms with van der Waals surface area (Å²) in [4.78, 5) is 0. The summed E-state index contributed by atoms with van der Waals surface area (Å²) in [6.07, 6.45) is 2.15. The van der Waals surface area contributed by atoms with Crippen molar-refractivity contribution >= 4 is 0 Å². The molecule has 1 heterocycles. The number of hydrogen-bond donors (Lipinski definition) is 0. The summed E-state index contributed by atoms with van der Waals surface area (Å²) in [7, 11) is 1.93. The molecule has 0 aromatic heterocycles. The van der Waals surface area contributed by atoms with E-state index >= 15 is 0 Å². The lowest BCUT2D eigenvalue weighted by molar-refractivity contribution is -0.702. The van der Waals surface area contributed by atoms with E-state index in [1.165, 1.54) is 0 Å². The average molecular weight is 83.1 g/mol. The first-order valence-corrected chi connectivity index (χ1v) is 2.03. The second-order valence-electron chi connectivity index (χ2n) is 1.94. The van der Waals surface area contributed by atoms with Crippen molar-refractivity contribution in [1.29, 1.82) is 5.26 Å². The summed E-state index contributed by atoms with van der Waals surface area (Å²) in [5, 5.41) is 8.19. The molecule has 2 heteroatoms. The molecule has 2 nitrogen and oxygen atoms in total. The first-order chi connectivity index (χ1) is 2.77. The molecule has 1 fully saturated rings. The molecule has 0 spiro atoms. The minimum atomic E-state index is 0.625. The Morgan fingerprint density at radius 1 is 1.67 bits per heavy atom. The van der Waals surface area contributed by atoms with Crippen molar-refractivity contribution in [3.8, 4) is 6.19 Å². The van der Waals surface area contributed by atoms with Crippen molar-refractivity contribution in [3.63, 3.8) is 0 Å². The monoisotopic (exact) mass is 83.1 g/mol. The van der Waals surface area contributed by atoms with E-state index in [4.69, 9.17) is 5.26 Å². The topological polar surface area (TPSA) is 23.8 Å². The predicted octanol–water partition coefficient (Wildman–Crippen LogP) is -0.0723. The number of nitrogens with zero attached hydrogens (tertiary/aromatic N) is 2. The standard InChI is InChI=1S/C4H7N2/c1-6(4-5)2-3-6/h2-3H2,1H3/q+1. The summed E-state index contributed by atoms with van der Waals surface area (Å²) in [5.41, 5.74) is 0. The number of nitriles is 1. The van der Waals surface area contributed by atoms with Gasteiger partial charge in [0.15, 0.2) is 0 Å². The molecule has 1 aliphatic heterocycles. The zero-order valence-electron chi connectivity index (χ0n) is 3.81. The molecule has 0 aromatic carbocycles. The molecule has 0 bridgehead atoms. The third kappa shape index (κ3) is 0.373. The van der Waals surface area contributed by atoms with Gasteiger partial charge in [-0.3, -0.25) is 0 Å². The van der Waals surface area contributed by atoms with Crippen molar-refractivity contribution in [3.05, 3.63) is 0 Å². The maximum atomic E-state index is 8.19. The van der Waals surface area contributed by atoms with E-state index in [-0.39, 0.29) is 0 Å². The normalized spacial score (nSPS) is 25.3. The van der Waals surface area contributed by atoms with Gasteiger partial charge in [-0.1, -0.05) is 0 Å². The molecular weight excluding hydrogens is 76.1 g/mol. The zero-order chi connectivity index (χ0) is 4.62. The van der Waals surface area contributed by atoms with Crippen molar-refractivity contribution < 1.29 is 4.48 Å². The average Bonchev–Trinajstić information content (AvgIpc) is 2.22. The molecule has 1 saturated heterocycles. The second kappa shape index (κ2) is 0.742. The summed E-state index contributed by atoms with van der Waals surface area (Å²) < 4.78 is 0.625. The zero-order valence-corrected chi connectivity index (χ0v) is 3.81. The first-order valence-electron chi connectivity index (χ1n) is 2.03. The van der Waals surface area contributed by atoms with Crippen LogP contribution in [-0.4, -0.2) is 24.6 Å². The van der Waals surface area contributed by atoms with Gasteiger partial charge in [0.25, 0.3) is 0 Å². The molecular formula is C4H7N2+. The van der Waals surface area contributed by atoms with Gasteiger partial charge < -0.3 is 0 Å². The fraction of sp³-hybridized carbons (Fsp3) is 0.750. The second-order valence-corrected chi connectivity index (χ2v) is 1.94. The fourth-order valence-electron chi connectivity index (χ4n) is 0.250. The van der Waals surface area contributed by atoms with Gasteiger partial charge in [0.1, 0.15) is 13.1 Å². The van der Waals surface area contributed by atoms with E-state index in [0.29, 0.717) is 4.48 Å². The molecule has 0 amide bonds. The maximum Gasteiger partial charge on any atom is 0.308 e. The highest BCUT2D eigenvalue weighted by Crippen LogP contribution is 2.12. The van der Waals surface area contributed by atoms with Crippen LogP contribution in [-0.2, 0) is 0 Å². The largest absolute Gasteiger partial charge is 0.308 e. The van der Waals surface area contributed by atoms with Crippen molar-refractivity contribution in [1.82, 2.24) is 0 Å². The Morgan fingerprint density at radius 2 is 2.17 bits per heavy atom. The van der Waals surface area contributed by atoms with Gasteiger partial charge in [0, 0.05) is 0 Å². The lowest BCUT2D eigenvalue weighted by Gasteiger charge is -1.88. The van der Waals surface area contributed by atoms with Gasteiger partial charge in [0.05, 0.1) is 7.05 Å². The van der Waals surface area contributed by atoms with Crippen LogP contribution in [0, 0.1) is 11.5 Å². The third-order valence-electron chi connectivity index (χ3n) is 1.14. The number of quaternary nitrogens is 1. The number of likely N-dealkylation sites (N-methyl/N-ethyl adjacent to an activating group) is 1. The Hall–Kier alpha value is -0.550. The number of rotatable bonds is 0. The lowest BCUT2D eigenvalue weighted by Crippen LogP contribution is -2.08. The smallest absolute Gasteiger partial charge is 0.216 e. The third-order valence-corrected chi connectivity index (χ3v) is 1.14. The number of hydrogen-bond acceptors (Lipinski definition) is 1. The van der Waals surface area contributed by atoms with E-state index in [2.05, 4.69) is 6.19 Å². The van der Waals surface area contributed by atoms with Crippen LogP contribution in [0.25, 0.3) is 0 Å². The Bertz CT molecular complexity index is 96.6. The van der Waals surface area contributed by atoms with Crippen molar-refractivity contribution in [2.75, 3.05) is 20.1 Å². The molecule has 0 unspecified atom stereocenters. The fourth-order valence-corrected chi connectivity index (χ4v) is 0.250. The Kier molecular flexibility index (Phi) is 0.449. The molecule has 6 heavy (non-hydrogen) atoms. The minimum Gasteiger partial charge on any atom is -0.216 e. The molecule has 0 radical (unpaired) electrons. The summed E-state index contributed by atoms with van der Waals surface area (Å²) >= 11 is 0. The van der Waals surface area contributed by atoms with E-state index in [1.54, 1.807) is 0 Å². The highest BCUT2D eigenvalue weighted by molar-refractivity contribution is 4.64. The minimum absolute atomic E-state index is 0.625. The van der Waals surface area contributed by atoms with Gasteiger partial charge in [-0.15, -0.1) is 5.26 Å². The van der Waals surface area contributed by atoms with Gasteiger partial charge in [0.2, 0.25) is 0 Å². The van der Waals surface area contributed by atoms with Crippen molar-refractivity contribution in [2.45, 2.75) is 0 Å². The quantitative estimate of drug-likeness (QED) is 0.228. The van der Waals surface area contributed by atoms with Crippen LogP contribution in [0.3, 0.4) is 0 Å². The van der Waals surface area contributed by atoms with Crippen LogP contribution >= 0.6 is 0 Å². The van der Waals surface area contributed by atoms with Crippen molar-refractivity contribution in [2.24, 2.45) is 0 Å². The molecule has 32 valence electrons. The van der Waals surface area contributed by atoms with Gasteiger partial charge >= 0.3 is 6.19 Å². The molecule has 1 aliphatic rings. The van der Waals surface area contributed by atoms with E-state index in [1.807, 2.05) is 7.05 Å². The molecule has 0 aromatic rings. The van der Waals surface area contributed by atoms with Gasteiger partial charge in [-0.25, -0.2) is 4.48 Å². The predicted molar refractivity (Wildman–Crippen MR) is 21.5 cm³/mol. The van der Waals surface area contributed by atoms with Crippen LogP contribution in [0.1, 0.15) is 0 Å².